The summed E-state index contributed by atoms with van der Waals surface area (Å²) in [4.78, 5) is 31.5. The molecule has 1 atom stereocenters. The summed E-state index contributed by atoms with van der Waals surface area (Å²) in [7, 11) is 0. The summed E-state index contributed by atoms with van der Waals surface area (Å²) < 4.78 is 1.28. The Morgan fingerprint density at radius 2 is 2.04 bits per heavy atom. The lowest BCUT2D eigenvalue weighted by Gasteiger charge is -2.38. The Hall–Kier alpha value is -2.98. The average Bonchev–Trinajstić information content (AvgIpc) is 2.64. The number of benzene rings is 1. The topological polar surface area (TPSA) is 82.2 Å². The third-order valence-electron chi connectivity index (χ3n) is 4.31. The maximum atomic E-state index is 12.5. The Labute approximate surface area is 145 Å². The summed E-state index contributed by atoms with van der Waals surface area (Å²) in [5.41, 5.74) is 0.694. The Morgan fingerprint density at radius 3 is 2.76 bits per heavy atom. The van der Waals surface area contributed by atoms with Gasteiger partial charge in [0.25, 0.3) is 0 Å². The zero-order chi connectivity index (χ0) is 17.6. The van der Waals surface area contributed by atoms with Gasteiger partial charge in [0.05, 0.1) is 6.07 Å². The van der Waals surface area contributed by atoms with E-state index in [4.69, 9.17) is 0 Å². The Morgan fingerprint density at radius 1 is 1.24 bits per heavy atom. The highest BCUT2D eigenvalue weighted by atomic mass is 16.2. The van der Waals surface area contributed by atoms with Gasteiger partial charge in [0, 0.05) is 38.6 Å². The van der Waals surface area contributed by atoms with E-state index >= 15 is 0 Å². The minimum atomic E-state index is -0.449. The van der Waals surface area contributed by atoms with Gasteiger partial charge in [-0.05, 0) is 11.6 Å². The van der Waals surface area contributed by atoms with E-state index in [-0.39, 0.29) is 18.5 Å². The first-order chi connectivity index (χ1) is 12.2. The Balaban J connectivity index is 1.63. The number of piperazine rings is 1. The van der Waals surface area contributed by atoms with E-state index in [0.29, 0.717) is 26.2 Å². The van der Waals surface area contributed by atoms with Gasteiger partial charge in [-0.25, -0.2) is 9.78 Å². The van der Waals surface area contributed by atoms with Crippen molar-refractivity contribution in [3.63, 3.8) is 0 Å². The second-order valence-corrected chi connectivity index (χ2v) is 5.97. The molecular formula is C18H19N5O2. The van der Waals surface area contributed by atoms with E-state index in [2.05, 4.69) is 16.0 Å². The van der Waals surface area contributed by atoms with Crippen LogP contribution in [0.5, 0.6) is 0 Å². The quantitative estimate of drug-likeness (QED) is 0.810. The van der Waals surface area contributed by atoms with Crippen molar-refractivity contribution in [2.45, 2.75) is 19.1 Å². The Bertz CT molecular complexity index is 827. The van der Waals surface area contributed by atoms with Gasteiger partial charge in [0.15, 0.2) is 0 Å². The molecule has 25 heavy (non-hydrogen) atoms. The molecule has 1 aromatic carbocycles. The minimum absolute atomic E-state index is 0.0521. The number of carbonyl (C=O) groups is 1. The van der Waals surface area contributed by atoms with Crippen molar-refractivity contribution >= 4 is 5.91 Å². The monoisotopic (exact) mass is 337 g/mol. The second kappa shape index (κ2) is 7.73. The van der Waals surface area contributed by atoms with Crippen molar-refractivity contribution < 1.29 is 4.79 Å². The number of hydrogen-bond donors (Lipinski definition) is 0. The van der Waals surface area contributed by atoms with E-state index in [1.54, 1.807) is 17.2 Å². The van der Waals surface area contributed by atoms with Crippen LogP contribution in [0, 0.1) is 11.3 Å². The number of hydrogen-bond acceptors (Lipinski definition) is 5. The highest BCUT2D eigenvalue weighted by Crippen LogP contribution is 2.14. The molecule has 7 nitrogen and oxygen atoms in total. The number of amides is 1. The predicted octanol–water partition coefficient (Wildman–Crippen LogP) is 0.480. The summed E-state index contributed by atoms with van der Waals surface area (Å²) in [6.45, 7) is 2.14. The molecule has 2 aromatic rings. The molecule has 0 radical (unpaired) electrons. The second-order valence-electron chi connectivity index (χ2n) is 5.97. The van der Waals surface area contributed by atoms with Crippen LogP contribution in [0.3, 0.4) is 0 Å². The summed E-state index contributed by atoms with van der Waals surface area (Å²) in [5.74, 6) is -0.172. The maximum absolute atomic E-state index is 12.5. The molecule has 2 heterocycles. The zero-order valence-corrected chi connectivity index (χ0v) is 13.8. The van der Waals surface area contributed by atoms with Crippen LogP contribution in [0.1, 0.15) is 5.56 Å². The van der Waals surface area contributed by atoms with Gasteiger partial charge in [0.1, 0.15) is 12.6 Å². The Kier molecular flexibility index (Phi) is 5.21. The van der Waals surface area contributed by atoms with Crippen LogP contribution in [0.4, 0.5) is 0 Å². The van der Waals surface area contributed by atoms with Crippen LogP contribution >= 0.6 is 0 Å². The van der Waals surface area contributed by atoms with Gasteiger partial charge >= 0.3 is 5.69 Å². The molecule has 0 saturated carbocycles. The summed E-state index contributed by atoms with van der Waals surface area (Å²) >= 11 is 0. The molecule has 1 amide bonds. The highest BCUT2D eigenvalue weighted by Gasteiger charge is 2.29. The SMILES string of the molecule is N#CC1CN(C(=O)Cn2cccnc2=O)CCN1Cc1ccccc1. The number of rotatable bonds is 4. The number of carbonyl (C=O) groups excluding carboxylic acids is 1. The van der Waals surface area contributed by atoms with Crippen molar-refractivity contribution in [2.24, 2.45) is 0 Å². The molecule has 1 aromatic heterocycles. The molecule has 1 saturated heterocycles. The number of nitriles is 1. The first-order valence-electron chi connectivity index (χ1n) is 8.14. The first-order valence-corrected chi connectivity index (χ1v) is 8.14. The van der Waals surface area contributed by atoms with E-state index in [1.807, 2.05) is 30.3 Å². The van der Waals surface area contributed by atoms with E-state index in [0.717, 1.165) is 5.56 Å². The molecular weight excluding hydrogens is 318 g/mol. The number of nitrogens with zero attached hydrogens (tertiary/aromatic N) is 5. The van der Waals surface area contributed by atoms with Gasteiger partial charge in [-0.1, -0.05) is 30.3 Å². The molecule has 0 bridgehead atoms. The van der Waals surface area contributed by atoms with E-state index < -0.39 is 5.69 Å². The van der Waals surface area contributed by atoms with Crippen LogP contribution in [-0.2, 0) is 17.9 Å². The van der Waals surface area contributed by atoms with Gasteiger partial charge in [0.2, 0.25) is 5.91 Å². The smallest absolute Gasteiger partial charge is 0.337 e. The number of aromatic nitrogens is 2. The zero-order valence-electron chi connectivity index (χ0n) is 13.8. The largest absolute Gasteiger partial charge is 0.347 e. The molecule has 128 valence electrons. The normalized spacial score (nSPS) is 17.9. The van der Waals surface area contributed by atoms with Crippen LogP contribution in [0.15, 0.2) is 53.6 Å². The van der Waals surface area contributed by atoms with E-state index in [1.165, 1.54) is 10.8 Å². The fraction of sp³-hybridized carbons (Fsp3) is 0.333. The third kappa shape index (κ3) is 4.11. The predicted molar refractivity (Wildman–Crippen MR) is 91.3 cm³/mol. The summed E-state index contributed by atoms with van der Waals surface area (Å²) in [6, 6.07) is 13.5. The van der Waals surface area contributed by atoms with Crippen molar-refractivity contribution in [1.82, 2.24) is 19.4 Å². The third-order valence-corrected chi connectivity index (χ3v) is 4.31. The molecule has 7 heteroatoms. The summed E-state index contributed by atoms with van der Waals surface area (Å²) in [6.07, 6.45) is 2.94. The fourth-order valence-corrected chi connectivity index (χ4v) is 2.93. The molecule has 0 spiro atoms. The lowest BCUT2D eigenvalue weighted by Crippen LogP contribution is -2.54. The lowest BCUT2D eigenvalue weighted by molar-refractivity contribution is -0.134. The van der Waals surface area contributed by atoms with Crippen LogP contribution in [0.2, 0.25) is 0 Å². The van der Waals surface area contributed by atoms with Crippen LogP contribution in [-0.4, -0.2) is 50.9 Å². The summed E-state index contributed by atoms with van der Waals surface area (Å²) in [5, 5.41) is 9.48. The minimum Gasteiger partial charge on any atom is -0.337 e. The van der Waals surface area contributed by atoms with Crippen LogP contribution in [0.25, 0.3) is 0 Å². The standard InChI is InChI=1S/C18H19N5O2/c19-11-16-13-22(17(24)14-23-8-4-7-20-18(23)25)10-9-21(16)12-15-5-2-1-3-6-15/h1-8,16H,9-10,12-14H2. The molecule has 3 rings (SSSR count). The first kappa shape index (κ1) is 16.9. The van der Waals surface area contributed by atoms with Gasteiger partial charge in [-0.2, -0.15) is 5.26 Å². The molecule has 1 fully saturated rings. The molecule has 1 aliphatic heterocycles. The van der Waals surface area contributed by atoms with Gasteiger partial charge < -0.3 is 4.90 Å². The average molecular weight is 337 g/mol. The molecule has 0 aliphatic carbocycles. The molecule has 0 N–H and O–H groups in total. The molecule has 1 aliphatic rings. The van der Waals surface area contributed by atoms with E-state index in [9.17, 15) is 14.9 Å². The lowest BCUT2D eigenvalue weighted by atomic mass is 10.1. The highest BCUT2D eigenvalue weighted by molar-refractivity contribution is 5.76. The van der Waals surface area contributed by atoms with Gasteiger partial charge in [-0.15, -0.1) is 0 Å². The maximum Gasteiger partial charge on any atom is 0.347 e. The van der Waals surface area contributed by atoms with Crippen molar-refractivity contribution in [3.8, 4) is 6.07 Å². The van der Waals surface area contributed by atoms with Crippen LogP contribution < -0.4 is 5.69 Å². The van der Waals surface area contributed by atoms with Crippen molar-refractivity contribution in [2.75, 3.05) is 19.6 Å². The van der Waals surface area contributed by atoms with Crippen molar-refractivity contribution in [3.05, 3.63) is 64.8 Å². The van der Waals surface area contributed by atoms with Gasteiger partial charge in [-0.3, -0.25) is 14.3 Å². The molecule has 1 unspecified atom stereocenters. The van der Waals surface area contributed by atoms with Crippen molar-refractivity contribution in [1.29, 1.82) is 5.26 Å². The fourth-order valence-electron chi connectivity index (χ4n) is 2.93.